The molecule has 1 saturated heterocycles. The fourth-order valence-electron chi connectivity index (χ4n) is 4.09. The third-order valence-corrected chi connectivity index (χ3v) is 8.43. The van der Waals surface area contributed by atoms with Crippen molar-refractivity contribution in [3.05, 3.63) is 88.9 Å². The maximum Gasteiger partial charge on any atom is 0.407 e. The van der Waals surface area contributed by atoms with Gasteiger partial charge in [-0.25, -0.2) is 4.79 Å². The summed E-state index contributed by atoms with van der Waals surface area (Å²) in [7, 11) is 0. The van der Waals surface area contributed by atoms with Crippen molar-refractivity contribution in [1.82, 2.24) is 5.32 Å². The van der Waals surface area contributed by atoms with E-state index in [1.807, 2.05) is 42.5 Å². The SMILES string of the molecule is CCC(c1ccc(Sc2cccc(OCc3ccccc3)c2)cc1Cl)C1(CI)COC(=O)N1. The largest absolute Gasteiger partial charge is 0.489 e. The van der Waals surface area contributed by atoms with Crippen LogP contribution in [-0.4, -0.2) is 22.7 Å². The molecule has 1 aliphatic rings. The lowest BCUT2D eigenvalue weighted by Crippen LogP contribution is -2.50. The molecule has 1 heterocycles. The molecule has 0 aromatic heterocycles. The number of alkyl carbamates (subject to hydrolysis) is 1. The first-order valence-electron chi connectivity index (χ1n) is 10.8. The summed E-state index contributed by atoms with van der Waals surface area (Å²) in [6.07, 6.45) is 0.488. The van der Waals surface area contributed by atoms with E-state index in [0.717, 1.165) is 37.5 Å². The van der Waals surface area contributed by atoms with Gasteiger partial charge in [0.25, 0.3) is 0 Å². The smallest absolute Gasteiger partial charge is 0.407 e. The van der Waals surface area contributed by atoms with E-state index in [-0.39, 0.29) is 12.0 Å². The number of carbonyl (C=O) groups is 1. The molecule has 0 radical (unpaired) electrons. The Hall–Kier alpha value is -1.90. The first kappa shape index (κ1) is 24.2. The average Bonchev–Trinajstić information content (AvgIpc) is 3.22. The van der Waals surface area contributed by atoms with Gasteiger partial charge in [-0.3, -0.25) is 0 Å². The molecule has 0 bridgehead atoms. The van der Waals surface area contributed by atoms with Gasteiger partial charge in [0.05, 0.1) is 5.54 Å². The zero-order valence-corrected chi connectivity index (χ0v) is 22.0. The van der Waals surface area contributed by atoms with Gasteiger partial charge in [-0.1, -0.05) is 95.3 Å². The number of rotatable bonds is 9. The quantitative estimate of drug-likeness (QED) is 0.206. The van der Waals surface area contributed by atoms with Crippen molar-refractivity contribution < 1.29 is 14.3 Å². The minimum absolute atomic E-state index is 0.0714. The molecule has 1 N–H and O–H groups in total. The molecule has 172 valence electrons. The molecule has 4 nitrogen and oxygen atoms in total. The van der Waals surface area contributed by atoms with Crippen LogP contribution in [0.3, 0.4) is 0 Å². The summed E-state index contributed by atoms with van der Waals surface area (Å²) in [6, 6.07) is 24.4. The van der Waals surface area contributed by atoms with E-state index in [1.54, 1.807) is 11.8 Å². The van der Waals surface area contributed by atoms with Gasteiger partial charge in [-0.15, -0.1) is 0 Å². The minimum atomic E-state index is -0.435. The van der Waals surface area contributed by atoms with Crippen LogP contribution in [0.25, 0.3) is 0 Å². The molecule has 3 aromatic carbocycles. The van der Waals surface area contributed by atoms with Crippen molar-refractivity contribution in [2.75, 3.05) is 11.0 Å². The van der Waals surface area contributed by atoms with Crippen LogP contribution < -0.4 is 10.1 Å². The Bertz CT molecular complexity index is 1110. The first-order chi connectivity index (χ1) is 16.0. The second-order valence-electron chi connectivity index (χ2n) is 7.99. The van der Waals surface area contributed by atoms with Gasteiger partial charge >= 0.3 is 6.09 Å². The van der Waals surface area contributed by atoms with Crippen LogP contribution in [0.1, 0.15) is 30.4 Å². The normalized spacial score (nSPS) is 18.5. The summed E-state index contributed by atoms with van der Waals surface area (Å²) in [5, 5.41) is 3.73. The summed E-state index contributed by atoms with van der Waals surface area (Å²) < 4.78 is 12.0. The number of hydrogen-bond acceptors (Lipinski definition) is 4. The molecular weight excluding hydrogens is 569 g/mol. The van der Waals surface area contributed by atoms with Crippen LogP contribution in [0.4, 0.5) is 4.79 Å². The van der Waals surface area contributed by atoms with Crippen molar-refractivity contribution in [2.45, 2.75) is 41.2 Å². The van der Waals surface area contributed by atoms with Gasteiger partial charge in [0.1, 0.15) is 19.0 Å². The lowest BCUT2D eigenvalue weighted by atomic mass is 9.79. The summed E-state index contributed by atoms with van der Waals surface area (Å²) >= 11 is 10.7. The highest BCUT2D eigenvalue weighted by atomic mass is 127. The van der Waals surface area contributed by atoms with Crippen LogP contribution in [-0.2, 0) is 11.3 Å². The van der Waals surface area contributed by atoms with Crippen molar-refractivity contribution in [3.63, 3.8) is 0 Å². The number of benzene rings is 3. The number of cyclic esters (lactones) is 1. The first-order valence-corrected chi connectivity index (χ1v) is 13.5. The molecule has 7 heteroatoms. The highest BCUT2D eigenvalue weighted by Crippen LogP contribution is 2.41. The number of hydrogen-bond donors (Lipinski definition) is 1. The molecule has 4 rings (SSSR count). The number of nitrogens with one attached hydrogen (secondary N) is 1. The van der Waals surface area contributed by atoms with Crippen molar-refractivity contribution in [1.29, 1.82) is 0 Å². The molecule has 1 fully saturated rings. The van der Waals surface area contributed by atoms with Crippen molar-refractivity contribution in [3.8, 4) is 5.75 Å². The Morgan fingerprint density at radius 2 is 1.91 bits per heavy atom. The second-order valence-corrected chi connectivity index (χ2v) is 10.3. The predicted octanol–water partition coefficient (Wildman–Crippen LogP) is 7.48. The van der Waals surface area contributed by atoms with E-state index in [9.17, 15) is 4.79 Å². The van der Waals surface area contributed by atoms with E-state index in [0.29, 0.717) is 18.2 Å². The van der Waals surface area contributed by atoms with E-state index in [1.165, 1.54) is 0 Å². The molecule has 33 heavy (non-hydrogen) atoms. The number of amides is 1. The third kappa shape index (κ3) is 5.78. The Balaban J connectivity index is 1.48. The lowest BCUT2D eigenvalue weighted by molar-refractivity contribution is 0.171. The molecule has 2 atom stereocenters. The van der Waals surface area contributed by atoms with Crippen LogP contribution >= 0.6 is 46.0 Å². The minimum Gasteiger partial charge on any atom is -0.489 e. The van der Waals surface area contributed by atoms with Gasteiger partial charge in [0, 0.05) is 25.2 Å². The summed E-state index contributed by atoms with van der Waals surface area (Å²) in [5.74, 6) is 0.903. The maximum absolute atomic E-state index is 11.8. The van der Waals surface area contributed by atoms with Crippen molar-refractivity contribution >= 4 is 52.0 Å². The van der Waals surface area contributed by atoms with Gasteiger partial charge in [-0.2, -0.15) is 0 Å². The van der Waals surface area contributed by atoms with E-state index < -0.39 is 5.54 Å². The molecule has 0 aliphatic carbocycles. The maximum atomic E-state index is 11.8. The lowest BCUT2D eigenvalue weighted by Gasteiger charge is -2.34. The topological polar surface area (TPSA) is 47.6 Å². The fraction of sp³-hybridized carbons (Fsp3) is 0.269. The Labute approximate surface area is 217 Å². The monoisotopic (exact) mass is 593 g/mol. The predicted molar refractivity (Wildman–Crippen MR) is 142 cm³/mol. The fourth-order valence-corrected chi connectivity index (χ4v) is 6.32. The number of ether oxygens (including phenoxy) is 2. The van der Waals surface area contributed by atoms with Crippen LogP contribution in [0, 0.1) is 0 Å². The summed E-state index contributed by atoms with van der Waals surface area (Å²) in [6.45, 7) is 3.01. The van der Waals surface area contributed by atoms with Crippen LogP contribution in [0.2, 0.25) is 5.02 Å². The van der Waals surface area contributed by atoms with Crippen LogP contribution in [0.5, 0.6) is 5.75 Å². The zero-order chi connectivity index (χ0) is 23.3. The Morgan fingerprint density at radius 3 is 2.58 bits per heavy atom. The Kier molecular flexibility index (Phi) is 8.09. The van der Waals surface area contributed by atoms with Crippen LogP contribution in [0.15, 0.2) is 82.6 Å². The van der Waals surface area contributed by atoms with Gasteiger partial charge in [-0.05, 0) is 47.9 Å². The summed E-state index contributed by atoms with van der Waals surface area (Å²) in [5.41, 5.74) is 1.73. The highest BCUT2D eigenvalue weighted by Gasteiger charge is 2.45. The summed E-state index contributed by atoms with van der Waals surface area (Å²) in [4.78, 5) is 13.9. The number of halogens is 2. The van der Waals surface area contributed by atoms with Gasteiger partial charge in [0.15, 0.2) is 0 Å². The third-order valence-electron chi connectivity index (χ3n) is 5.76. The molecular formula is C26H25ClINO3S. The zero-order valence-electron chi connectivity index (χ0n) is 18.2. The standard InChI is InChI=1S/C26H25ClINO3S/c1-2-23(26(16-28)17-32-25(30)29-26)22-12-11-21(14-24(22)27)33-20-10-6-9-19(13-20)31-15-18-7-4-3-5-8-18/h3-14,23H,2,15-17H2,1H3,(H,29,30). The van der Waals surface area contributed by atoms with Gasteiger partial charge in [0.2, 0.25) is 0 Å². The molecule has 1 aliphatic heterocycles. The molecule has 1 amide bonds. The number of carbonyl (C=O) groups excluding carboxylic acids is 1. The van der Waals surface area contributed by atoms with Gasteiger partial charge < -0.3 is 14.8 Å². The van der Waals surface area contributed by atoms with E-state index in [4.69, 9.17) is 21.1 Å². The molecule has 3 aromatic rings. The number of alkyl halides is 1. The van der Waals surface area contributed by atoms with Crippen molar-refractivity contribution in [2.24, 2.45) is 0 Å². The molecule has 2 unspecified atom stereocenters. The molecule has 0 saturated carbocycles. The average molecular weight is 594 g/mol. The second kappa shape index (κ2) is 11.0. The van der Waals surface area contributed by atoms with E-state index in [2.05, 4.69) is 65.2 Å². The molecule has 0 spiro atoms. The Morgan fingerprint density at radius 1 is 1.12 bits per heavy atom. The highest BCUT2D eigenvalue weighted by molar-refractivity contribution is 14.1. The van der Waals surface area contributed by atoms with E-state index >= 15 is 0 Å².